The first-order chi connectivity index (χ1) is 14.7. The third kappa shape index (κ3) is 5.63. The van der Waals surface area contributed by atoms with Crippen LogP contribution in [-0.4, -0.2) is 19.1 Å². The van der Waals surface area contributed by atoms with Gasteiger partial charge < -0.3 is 14.8 Å². The highest BCUT2D eigenvalue weighted by atomic mass is 16.5. The second kappa shape index (κ2) is 11.1. The molecule has 0 aliphatic carbocycles. The predicted molar refractivity (Wildman–Crippen MR) is 121 cm³/mol. The van der Waals surface area contributed by atoms with Crippen molar-refractivity contribution in [3.8, 4) is 11.5 Å². The molecular weight excluding hydrogens is 374 g/mol. The summed E-state index contributed by atoms with van der Waals surface area (Å²) in [5.41, 5.74) is 2.59. The lowest BCUT2D eigenvalue weighted by Crippen LogP contribution is -2.22. The number of anilines is 1. The van der Waals surface area contributed by atoms with E-state index in [4.69, 9.17) is 9.47 Å². The second-order valence-corrected chi connectivity index (χ2v) is 7.10. The van der Waals surface area contributed by atoms with Crippen LogP contribution in [0.3, 0.4) is 0 Å². The number of hydrogen-bond acceptors (Lipinski definition) is 3. The summed E-state index contributed by atoms with van der Waals surface area (Å²) < 4.78 is 11.7. The molecule has 0 unspecified atom stereocenters. The van der Waals surface area contributed by atoms with Gasteiger partial charge >= 0.3 is 0 Å². The maximum absolute atomic E-state index is 13.3. The van der Waals surface area contributed by atoms with Crippen LogP contribution in [0.4, 0.5) is 5.69 Å². The molecule has 3 rings (SSSR count). The van der Waals surface area contributed by atoms with Crippen LogP contribution in [0.25, 0.3) is 0 Å². The van der Waals surface area contributed by atoms with Crippen molar-refractivity contribution in [1.82, 2.24) is 0 Å². The lowest BCUT2D eigenvalue weighted by molar-refractivity contribution is -0.116. The Morgan fingerprint density at radius 3 is 1.83 bits per heavy atom. The molecule has 156 valence electrons. The molecule has 0 spiro atoms. The van der Waals surface area contributed by atoms with E-state index in [2.05, 4.69) is 19.2 Å². The van der Waals surface area contributed by atoms with E-state index in [0.717, 1.165) is 24.0 Å². The van der Waals surface area contributed by atoms with E-state index in [1.807, 2.05) is 78.9 Å². The lowest BCUT2D eigenvalue weighted by Gasteiger charge is -2.19. The number of carbonyl (C=O) groups excluding carboxylic acids is 1. The summed E-state index contributed by atoms with van der Waals surface area (Å²) in [6, 6.07) is 25.2. The summed E-state index contributed by atoms with van der Waals surface area (Å²) in [7, 11) is 0. The van der Waals surface area contributed by atoms with Gasteiger partial charge in [0.1, 0.15) is 0 Å². The van der Waals surface area contributed by atoms with Crippen LogP contribution in [0.5, 0.6) is 11.5 Å². The standard InChI is InChI=1S/C26H29NO3/c1-3-17-29-23-16-15-22(19-24(23)30-18-4-2)27-26(28)25(20-11-7-5-8-12-20)21-13-9-6-10-14-21/h5-16,19,25H,3-4,17-18H2,1-2H3,(H,27,28). The molecule has 0 saturated heterocycles. The van der Waals surface area contributed by atoms with Gasteiger partial charge in [-0.1, -0.05) is 74.5 Å². The minimum atomic E-state index is -0.400. The fourth-order valence-corrected chi connectivity index (χ4v) is 3.24. The summed E-state index contributed by atoms with van der Waals surface area (Å²) in [5.74, 6) is 0.865. The molecule has 0 aliphatic rings. The number of carbonyl (C=O) groups is 1. The molecule has 4 nitrogen and oxygen atoms in total. The Balaban J connectivity index is 1.86. The van der Waals surface area contributed by atoms with Crippen LogP contribution in [0.2, 0.25) is 0 Å². The first kappa shape index (κ1) is 21.4. The van der Waals surface area contributed by atoms with Crippen LogP contribution >= 0.6 is 0 Å². The highest BCUT2D eigenvalue weighted by Gasteiger charge is 2.23. The Morgan fingerprint density at radius 1 is 0.767 bits per heavy atom. The van der Waals surface area contributed by atoms with E-state index < -0.39 is 5.92 Å². The number of benzene rings is 3. The first-order valence-electron chi connectivity index (χ1n) is 10.5. The smallest absolute Gasteiger partial charge is 0.236 e. The van der Waals surface area contributed by atoms with Crippen LogP contribution in [0, 0.1) is 0 Å². The molecule has 0 heterocycles. The van der Waals surface area contributed by atoms with Gasteiger partial charge in [0, 0.05) is 11.8 Å². The molecule has 0 saturated carbocycles. The minimum Gasteiger partial charge on any atom is -0.490 e. The molecule has 30 heavy (non-hydrogen) atoms. The minimum absolute atomic E-state index is 0.0870. The van der Waals surface area contributed by atoms with Gasteiger partial charge in [-0.3, -0.25) is 4.79 Å². The zero-order valence-corrected chi connectivity index (χ0v) is 17.6. The number of amides is 1. The quantitative estimate of drug-likeness (QED) is 0.449. The zero-order chi connectivity index (χ0) is 21.2. The summed E-state index contributed by atoms with van der Waals surface area (Å²) in [5, 5.41) is 3.06. The van der Waals surface area contributed by atoms with Gasteiger partial charge in [-0.15, -0.1) is 0 Å². The largest absolute Gasteiger partial charge is 0.490 e. The molecule has 3 aromatic rings. The lowest BCUT2D eigenvalue weighted by atomic mass is 9.90. The van der Waals surface area contributed by atoms with Crippen molar-refractivity contribution in [2.24, 2.45) is 0 Å². The van der Waals surface area contributed by atoms with E-state index in [0.29, 0.717) is 30.4 Å². The molecule has 0 radical (unpaired) electrons. The summed E-state index contributed by atoms with van der Waals surface area (Å²) >= 11 is 0. The van der Waals surface area contributed by atoms with E-state index >= 15 is 0 Å². The number of hydrogen-bond donors (Lipinski definition) is 1. The predicted octanol–water partition coefficient (Wildman–Crippen LogP) is 6.03. The molecule has 0 fully saturated rings. The Bertz CT molecular complexity index is 886. The second-order valence-electron chi connectivity index (χ2n) is 7.10. The first-order valence-corrected chi connectivity index (χ1v) is 10.5. The maximum Gasteiger partial charge on any atom is 0.236 e. The molecule has 1 N–H and O–H groups in total. The Kier molecular flexibility index (Phi) is 7.90. The molecule has 3 aromatic carbocycles. The van der Waals surface area contributed by atoms with Crippen LogP contribution in [-0.2, 0) is 4.79 Å². The van der Waals surface area contributed by atoms with E-state index in [1.54, 1.807) is 0 Å². The molecule has 0 aromatic heterocycles. The number of ether oxygens (including phenoxy) is 2. The topological polar surface area (TPSA) is 47.6 Å². The van der Waals surface area contributed by atoms with Gasteiger partial charge in [0.2, 0.25) is 5.91 Å². The van der Waals surface area contributed by atoms with Crippen molar-refractivity contribution in [3.63, 3.8) is 0 Å². The average molecular weight is 404 g/mol. The molecule has 0 atom stereocenters. The van der Waals surface area contributed by atoms with Crippen molar-refractivity contribution in [3.05, 3.63) is 90.0 Å². The third-order valence-electron chi connectivity index (χ3n) is 4.66. The van der Waals surface area contributed by atoms with Gasteiger partial charge in [-0.05, 0) is 36.1 Å². The molecule has 4 heteroatoms. The zero-order valence-electron chi connectivity index (χ0n) is 17.6. The molecular formula is C26H29NO3. The normalized spacial score (nSPS) is 10.6. The van der Waals surface area contributed by atoms with Crippen LogP contribution < -0.4 is 14.8 Å². The van der Waals surface area contributed by atoms with Crippen molar-refractivity contribution in [2.45, 2.75) is 32.6 Å². The fourth-order valence-electron chi connectivity index (χ4n) is 3.24. The number of rotatable bonds is 10. The van der Waals surface area contributed by atoms with Gasteiger partial charge in [0.15, 0.2) is 11.5 Å². The summed E-state index contributed by atoms with van der Waals surface area (Å²) in [6.07, 6.45) is 1.81. The molecule has 0 aliphatic heterocycles. The number of nitrogens with one attached hydrogen (secondary N) is 1. The van der Waals surface area contributed by atoms with Gasteiger partial charge in [0.25, 0.3) is 0 Å². The highest BCUT2D eigenvalue weighted by Crippen LogP contribution is 2.32. The van der Waals surface area contributed by atoms with E-state index in [1.165, 1.54) is 0 Å². The summed E-state index contributed by atoms with van der Waals surface area (Å²) in [6.45, 7) is 5.34. The van der Waals surface area contributed by atoms with Crippen molar-refractivity contribution >= 4 is 11.6 Å². The Hall–Kier alpha value is -3.27. The van der Waals surface area contributed by atoms with E-state index in [-0.39, 0.29) is 5.91 Å². The molecule has 0 bridgehead atoms. The van der Waals surface area contributed by atoms with Crippen LogP contribution in [0.15, 0.2) is 78.9 Å². The summed E-state index contributed by atoms with van der Waals surface area (Å²) in [4.78, 5) is 13.3. The SMILES string of the molecule is CCCOc1ccc(NC(=O)C(c2ccccc2)c2ccccc2)cc1OCCC. The van der Waals surface area contributed by atoms with Gasteiger partial charge in [-0.2, -0.15) is 0 Å². The van der Waals surface area contributed by atoms with Crippen molar-refractivity contribution in [2.75, 3.05) is 18.5 Å². The van der Waals surface area contributed by atoms with Crippen LogP contribution in [0.1, 0.15) is 43.7 Å². The Labute approximate surface area is 178 Å². The molecule has 1 amide bonds. The highest BCUT2D eigenvalue weighted by molar-refractivity contribution is 5.98. The van der Waals surface area contributed by atoms with Crippen molar-refractivity contribution < 1.29 is 14.3 Å². The van der Waals surface area contributed by atoms with Crippen molar-refractivity contribution in [1.29, 1.82) is 0 Å². The van der Waals surface area contributed by atoms with E-state index in [9.17, 15) is 4.79 Å². The third-order valence-corrected chi connectivity index (χ3v) is 4.66. The maximum atomic E-state index is 13.3. The average Bonchev–Trinajstić information content (AvgIpc) is 2.78. The monoisotopic (exact) mass is 403 g/mol. The van der Waals surface area contributed by atoms with Gasteiger partial charge in [0.05, 0.1) is 19.1 Å². The van der Waals surface area contributed by atoms with Gasteiger partial charge in [-0.25, -0.2) is 0 Å². The Morgan fingerprint density at radius 2 is 1.30 bits per heavy atom. The fraction of sp³-hybridized carbons (Fsp3) is 0.269.